The second-order valence-corrected chi connectivity index (χ2v) is 7.83. The number of aliphatic hydroxyl groups is 1. The lowest BCUT2D eigenvalue weighted by atomic mass is 9.98. The first-order valence-corrected chi connectivity index (χ1v) is 8.44. The summed E-state index contributed by atoms with van der Waals surface area (Å²) in [6, 6.07) is 0.110. The highest BCUT2D eigenvalue weighted by molar-refractivity contribution is 7.89. The van der Waals surface area contributed by atoms with Crippen LogP contribution in [0.25, 0.3) is 0 Å². The molecule has 0 aliphatic carbocycles. The molecule has 6 heteroatoms. The fourth-order valence-electron chi connectivity index (χ4n) is 2.78. The van der Waals surface area contributed by atoms with Crippen molar-refractivity contribution in [3.8, 4) is 0 Å². The minimum Gasteiger partial charge on any atom is -0.390 e. The molecule has 5 nitrogen and oxygen atoms in total. The van der Waals surface area contributed by atoms with Crippen LogP contribution in [0, 0.1) is 0 Å². The molecular weight excluding hydrogens is 252 g/mol. The van der Waals surface area contributed by atoms with E-state index in [1.165, 1.54) is 0 Å². The Morgan fingerprint density at radius 2 is 2.11 bits per heavy atom. The van der Waals surface area contributed by atoms with Crippen LogP contribution in [-0.4, -0.2) is 54.9 Å². The van der Waals surface area contributed by atoms with Gasteiger partial charge in [0.2, 0.25) is 10.0 Å². The van der Waals surface area contributed by atoms with E-state index in [4.69, 9.17) is 0 Å². The van der Waals surface area contributed by atoms with Crippen LogP contribution in [0.1, 0.15) is 39.0 Å². The maximum Gasteiger partial charge on any atom is 0.215 e. The fourth-order valence-corrected chi connectivity index (χ4v) is 4.56. The molecule has 0 saturated carbocycles. The summed E-state index contributed by atoms with van der Waals surface area (Å²) >= 11 is 0. The number of nitrogens with one attached hydrogen (secondary N) is 1. The van der Waals surface area contributed by atoms with Crippen LogP contribution in [0.2, 0.25) is 0 Å². The molecule has 0 amide bonds. The summed E-state index contributed by atoms with van der Waals surface area (Å²) in [4.78, 5) is 0. The van der Waals surface area contributed by atoms with Crippen LogP contribution < -0.4 is 5.32 Å². The molecule has 2 saturated heterocycles. The van der Waals surface area contributed by atoms with Gasteiger partial charge in [0.05, 0.1) is 11.4 Å². The largest absolute Gasteiger partial charge is 0.390 e. The smallest absolute Gasteiger partial charge is 0.215 e. The monoisotopic (exact) mass is 276 g/mol. The maximum absolute atomic E-state index is 12.3. The van der Waals surface area contributed by atoms with E-state index in [0.717, 1.165) is 25.8 Å². The first-order chi connectivity index (χ1) is 8.39. The zero-order valence-corrected chi connectivity index (χ0v) is 11.9. The topological polar surface area (TPSA) is 69.6 Å². The van der Waals surface area contributed by atoms with Crippen molar-refractivity contribution in [2.45, 2.75) is 50.7 Å². The number of sulfonamides is 1. The Morgan fingerprint density at radius 3 is 2.78 bits per heavy atom. The van der Waals surface area contributed by atoms with Gasteiger partial charge in [0, 0.05) is 19.1 Å². The van der Waals surface area contributed by atoms with E-state index < -0.39 is 15.6 Å². The van der Waals surface area contributed by atoms with Crippen molar-refractivity contribution in [2.75, 3.05) is 25.4 Å². The first-order valence-electron chi connectivity index (χ1n) is 6.83. The van der Waals surface area contributed by atoms with Gasteiger partial charge < -0.3 is 10.4 Å². The lowest BCUT2D eigenvalue weighted by Crippen LogP contribution is -2.40. The van der Waals surface area contributed by atoms with Crippen molar-refractivity contribution in [2.24, 2.45) is 0 Å². The Kier molecular flexibility index (Phi) is 4.31. The summed E-state index contributed by atoms with van der Waals surface area (Å²) in [5, 5.41) is 13.2. The minimum atomic E-state index is -3.18. The van der Waals surface area contributed by atoms with Gasteiger partial charge in [0.15, 0.2) is 0 Å². The van der Waals surface area contributed by atoms with E-state index in [1.54, 1.807) is 11.2 Å². The summed E-state index contributed by atoms with van der Waals surface area (Å²) in [5.41, 5.74) is -0.712. The lowest BCUT2D eigenvalue weighted by molar-refractivity contribution is 0.0465. The molecule has 2 N–H and O–H groups in total. The molecular formula is C12H24N2O3S. The van der Waals surface area contributed by atoms with Crippen LogP contribution in [0.4, 0.5) is 0 Å². The molecule has 0 aromatic carbocycles. The van der Waals surface area contributed by atoms with Gasteiger partial charge in [-0.25, -0.2) is 12.7 Å². The molecule has 2 aliphatic heterocycles. The van der Waals surface area contributed by atoms with Crippen molar-refractivity contribution in [3.05, 3.63) is 0 Å². The molecule has 0 spiro atoms. The first kappa shape index (κ1) is 14.2. The normalized spacial score (nSPS) is 35.6. The highest BCUT2D eigenvalue weighted by atomic mass is 32.2. The summed E-state index contributed by atoms with van der Waals surface area (Å²) in [6.07, 6.45) is 3.97. The molecule has 106 valence electrons. The molecule has 0 aromatic heterocycles. The van der Waals surface area contributed by atoms with E-state index in [1.807, 2.05) is 0 Å². The zero-order chi connectivity index (χ0) is 13.2. The minimum absolute atomic E-state index is 0.110. The predicted molar refractivity (Wildman–Crippen MR) is 70.9 cm³/mol. The Morgan fingerprint density at radius 1 is 1.33 bits per heavy atom. The number of rotatable bonds is 3. The van der Waals surface area contributed by atoms with Gasteiger partial charge in [-0.1, -0.05) is 0 Å². The van der Waals surface area contributed by atoms with Gasteiger partial charge in [-0.2, -0.15) is 0 Å². The molecule has 0 radical (unpaired) electrons. The second kappa shape index (κ2) is 5.45. The predicted octanol–water partition coefficient (Wildman–Crippen LogP) is 0.305. The Bertz CT molecular complexity index is 375. The van der Waals surface area contributed by atoms with Crippen molar-refractivity contribution in [1.29, 1.82) is 0 Å². The number of hydrogen-bond donors (Lipinski definition) is 2. The van der Waals surface area contributed by atoms with Crippen LogP contribution in [0.5, 0.6) is 0 Å². The van der Waals surface area contributed by atoms with Crippen molar-refractivity contribution < 1.29 is 13.5 Å². The third-order valence-corrected chi connectivity index (χ3v) is 5.97. The van der Waals surface area contributed by atoms with Crippen molar-refractivity contribution in [1.82, 2.24) is 9.62 Å². The van der Waals surface area contributed by atoms with Crippen LogP contribution >= 0.6 is 0 Å². The van der Waals surface area contributed by atoms with Gasteiger partial charge in [0.1, 0.15) is 0 Å². The van der Waals surface area contributed by atoms with Crippen molar-refractivity contribution in [3.63, 3.8) is 0 Å². The van der Waals surface area contributed by atoms with Crippen LogP contribution in [-0.2, 0) is 10.0 Å². The van der Waals surface area contributed by atoms with E-state index in [2.05, 4.69) is 5.32 Å². The van der Waals surface area contributed by atoms with E-state index >= 15 is 0 Å². The molecule has 2 aliphatic rings. The van der Waals surface area contributed by atoms with Gasteiger partial charge >= 0.3 is 0 Å². The molecule has 2 rings (SSSR count). The summed E-state index contributed by atoms with van der Waals surface area (Å²) < 4.78 is 26.2. The molecule has 2 heterocycles. The lowest BCUT2D eigenvalue weighted by Gasteiger charge is -2.23. The average molecular weight is 276 g/mol. The Hall–Kier alpha value is -0.170. The SMILES string of the molecule is CC1(O)CCCN(S(=O)(=O)CC2CCCN2)CC1. The molecule has 2 unspecified atom stereocenters. The molecule has 18 heavy (non-hydrogen) atoms. The number of nitrogens with zero attached hydrogens (tertiary/aromatic N) is 1. The molecule has 2 atom stereocenters. The highest BCUT2D eigenvalue weighted by Crippen LogP contribution is 2.23. The second-order valence-electron chi connectivity index (χ2n) is 5.82. The summed E-state index contributed by atoms with van der Waals surface area (Å²) in [6.45, 7) is 3.71. The van der Waals surface area contributed by atoms with Crippen LogP contribution in [0.15, 0.2) is 0 Å². The van der Waals surface area contributed by atoms with E-state index in [0.29, 0.717) is 25.9 Å². The third-order valence-electron chi connectivity index (χ3n) is 3.99. The fraction of sp³-hybridized carbons (Fsp3) is 1.00. The standard InChI is InChI=1S/C12H24N2O3S/c1-12(15)5-3-8-14(9-6-12)18(16,17)10-11-4-2-7-13-11/h11,13,15H,2-10H2,1H3. The van der Waals surface area contributed by atoms with Gasteiger partial charge in [-0.3, -0.25) is 0 Å². The zero-order valence-electron chi connectivity index (χ0n) is 11.1. The summed E-state index contributed by atoms with van der Waals surface area (Å²) in [5.74, 6) is 0.204. The van der Waals surface area contributed by atoms with Crippen molar-refractivity contribution >= 4 is 10.0 Å². The van der Waals surface area contributed by atoms with Crippen LogP contribution in [0.3, 0.4) is 0 Å². The summed E-state index contributed by atoms with van der Waals surface area (Å²) in [7, 11) is -3.18. The number of hydrogen-bond acceptors (Lipinski definition) is 4. The third kappa shape index (κ3) is 3.66. The van der Waals surface area contributed by atoms with E-state index in [-0.39, 0.29) is 11.8 Å². The highest BCUT2D eigenvalue weighted by Gasteiger charge is 2.32. The quantitative estimate of drug-likeness (QED) is 0.778. The Labute approximate surface area is 110 Å². The van der Waals surface area contributed by atoms with Gasteiger partial charge in [-0.15, -0.1) is 0 Å². The molecule has 0 bridgehead atoms. The van der Waals surface area contributed by atoms with Gasteiger partial charge in [-0.05, 0) is 45.6 Å². The molecule has 0 aromatic rings. The maximum atomic E-state index is 12.3. The van der Waals surface area contributed by atoms with Gasteiger partial charge in [0.25, 0.3) is 0 Å². The average Bonchev–Trinajstić information content (AvgIpc) is 2.67. The van der Waals surface area contributed by atoms with E-state index in [9.17, 15) is 13.5 Å². The molecule has 2 fully saturated rings. The Balaban J connectivity index is 1.96.